The van der Waals surface area contributed by atoms with Gasteiger partial charge in [0.25, 0.3) is 0 Å². The van der Waals surface area contributed by atoms with E-state index in [1.807, 2.05) is 0 Å². The van der Waals surface area contributed by atoms with E-state index in [-0.39, 0.29) is 11.8 Å². The van der Waals surface area contributed by atoms with Crippen molar-refractivity contribution in [2.24, 2.45) is 11.8 Å². The molecule has 1 aliphatic carbocycles. The monoisotopic (exact) mass is 274 g/mol. The van der Waals surface area contributed by atoms with Gasteiger partial charge in [-0.2, -0.15) is 0 Å². The molecule has 0 heterocycles. The average Bonchev–Trinajstić information content (AvgIpc) is 2.26. The normalized spacial score (nSPS) is 17.9. The Morgan fingerprint density at radius 2 is 1.89 bits per heavy atom. The number of benzene rings is 1. The fourth-order valence-corrected chi connectivity index (χ4v) is 2.29. The molecule has 0 aliphatic heterocycles. The molecule has 1 unspecified atom stereocenters. The molecule has 1 aromatic rings. The summed E-state index contributed by atoms with van der Waals surface area (Å²) in [7, 11) is 0. The van der Waals surface area contributed by atoms with Gasteiger partial charge in [0.1, 0.15) is 5.75 Å². The molecular formula is C13H17F3N2O. The summed E-state index contributed by atoms with van der Waals surface area (Å²) in [5.74, 6) is 5.89. The summed E-state index contributed by atoms with van der Waals surface area (Å²) in [6, 6.07) is 6.13. The standard InChI is InChI=1S/C13H17F3N2O/c14-13(15,16)19-11-6-4-9(5-7-11)8-12(18-17)10-2-1-3-10/h4-7,10,12,18H,1-3,8,17H2. The van der Waals surface area contributed by atoms with Crippen LogP contribution in [-0.2, 0) is 6.42 Å². The van der Waals surface area contributed by atoms with Gasteiger partial charge in [0.05, 0.1) is 0 Å². The van der Waals surface area contributed by atoms with Gasteiger partial charge >= 0.3 is 6.36 Å². The Hall–Kier alpha value is -1.27. The summed E-state index contributed by atoms with van der Waals surface area (Å²) in [5, 5.41) is 0. The van der Waals surface area contributed by atoms with E-state index >= 15 is 0 Å². The number of nitrogens with two attached hydrogens (primary N) is 1. The molecule has 1 fully saturated rings. The van der Waals surface area contributed by atoms with Crippen molar-refractivity contribution < 1.29 is 17.9 Å². The molecule has 0 saturated heterocycles. The number of ether oxygens (including phenoxy) is 1. The minimum atomic E-state index is -4.64. The van der Waals surface area contributed by atoms with Crippen LogP contribution in [0.15, 0.2) is 24.3 Å². The largest absolute Gasteiger partial charge is 0.573 e. The molecule has 6 heteroatoms. The van der Waals surface area contributed by atoms with Crippen molar-refractivity contribution in [3.63, 3.8) is 0 Å². The molecule has 1 aromatic carbocycles. The lowest BCUT2D eigenvalue weighted by Crippen LogP contribution is -2.44. The highest BCUT2D eigenvalue weighted by molar-refractivity contribution is 5.28. The van der Waals surface area contributed by atoms with Crippen molar-refractivity contribution in [1.29, 1.82) is 0 Å². The molecule has 19 heavy (non-hydrogen) atoms. The van der Waals surface area contributed by atoms with E-state index < -0.39 is 6.36 Å². The second kappa shape index (κ2) is 5.79. The Labute approximate surface area is 109 Å². The molecular weight excluding hydrogens is 257 g/mol. The number of nitrogens with one attached hydrogen (secondary N) is 1. The van der Waals surface area contributed by atoms with Crippen LogP contribution in [-0.4, -0.2) is 12.4 Å². The highest BCUT2D eigenvalue weighted by Gasteiger charge is 2.31. The van der Waals surface area contributed by atoms with Crippen molar-refractivity contribution in [3.05, 3.63) is 29.8 Å². The molecule has 106 valence electrons. The molecule has 0 spiro atoms. The van der Waals surface area contributed by atoms with Crippen LogP contribution in [0.1, 0.15) is 24.8 Å². The minimum Gasteiger partial charge on any atom is -0.406 e. The van der Waals surface area contributed by atoms with E-state index in [0.717, 1.165) is 18.4 Å². The van der Waals surface area contributed by atoms with Gasteiger partial charge in [-0.05, 0) is 42.9 Å². The second-order valence-corrected chi connectivity index (χ2v) is 4.86. The first-order valence-electron chi connectivity index (χ1n) is 6.29. The number of alkyl halides is 3. The first-order valence-corrected chi connectivity index (χ1v) is 6.29. The topological polar surface area (TPSA) is 47.3 Å². The van der Waals surface area contributed by atoms with E-state index in [1.165, 1.54) is 18.6 Å². The first kappa shape index (κ1) is 14.1. The second-order valence-electron chi connectivity index (χ2n) is 4.86. The van der Waals surface area contributed by atoms with Crippen LogP contribution in [0.5, 0.6) is 5.75 Å². The smallest absolute Gasteiger partial charge is 0.406 e. The lowest BCUT2D eigenvalue weighted by molar-refractivity contribution is -0.274. The Morgan fingerprint density at radius 3 is 2.32 bits per heavy atom. The van der Waals surface area contributed by atoms with Crippen molar-refractivity contribution in [2.75, 3.05) is 0 Å². The van der Waals surface area contributed by atoms with Gasteiger partial charge in [-0.15, -0.1) is 13.2 Å². The third-order valence-corrected chi connectivity index (χ3v) is 3.55. The third kappa shape index (κ3) is 4.11. The summed E-state index contributed by atoms with van der Waals surface area (Å²) in [6.07, 6.45) is -0.391. The number of hydrogen-bond acceptors (Lipinski definition) is 3. The zero-order chi connectivity index (χ0) is 13.9. The summed E-state index contributed by atoms with van der Waals surface area (Å²) in [4.78, 5) is 0. The molecule has 1 aliphatic rings. The van der Waals surface area contributed by atoms with E-state index in [4.69, 9.17) is 5.84 Å². The number of halogens is 3. The van der Waals surface area contributed by atoms with Gasteiger partial charge in [-0.25, -0.2) is 0 Å². The van der Waals surface area contributed by atoms with Crippen molar-refractivity contribution >= 4 is 0 Å². The molecule has 3 nitrogen and oxygen atoms in total. The highest BCUT2D eigenvalue weighted by Crippen LogP contribution is 2.31. The Balaban J connectivity index is 1.94. The predicted molar refractivity (Wildman–Crippen MR) is 65.3 cm³/mol. The molecule has 0 radical (unpaired) electrons. The minimum absolute atomic E-state index is 0.183. The van der Waals surface area contributed by atoms with Gasteiger partial charge < -0.3 is 4.74 Å². The predicted octanol–water partition coefficient (Wildman–Crippen LogP) is 2.76. The SMILES string of the molecule is NNC(Cc1ccc(OC(F)(F)F)cc1)C1CCC1. The van der Waals surface area contributed by atoms with Crippen molar-refractivity contribution in [3.8, 4) is 5.75 Å². The zero-order valence-electron chi connectivity index (χ0n) is 10.4. The summed E-state index contributed by atoms with van der Waals surface area (Å²) < 4.78 is 39.9. The molecule has 2 rings (SSSR count). The van der Waals surface area contributed by atoms with Crippen LogP contribution in [0.25, 0.3) is 0 Å². The lowest BCUT2D eigenvalue weighted by Gasteiger charge is -2.33. The van der Waals surface area contributed by atoms with Gasteiger partial charge in [0, 0.05) is 6.04 Å². The highest BCUT2D eigenvalue weighted by atomic mass is 19.4. The van der Waals surface area contributed by atoms with E-state index in [2.05, 4.69) is 10.2 Å². The van der Waals surface area contributed by atoms with Crippen LogP contribution in [0.4, 0.5) is 13.2 Å². The van der Waals surface area contributed by atoms with Crippen LogP contribution in [0, 0.1) is 5.92 Å². The fourth-order valence-electron chi connectivity index (χ4n) is 2.29. The quantitative estimate of drug-likeness (QED) is 0.641. The van der Waals surface area contributed by atoms with Crippen molar-refractivity contribution in [1.82, 2.24) is 5.43 Å². The van der Waals surface area contributed by atoms with Crippen LogP contribution >= 0.6 is 0 Å². The third-order valence-electron chi connectivity index (χ3n) is 3.55. The van der Waals surface area contributed by atoms with E-state index in [9.17, 15) is 13.2 Å². The molecule has 0 bridgehead atoms. The first-order chi connectivity index (χ1) is 8.98. The maximum absolute atomic E-state index is 12.0. The maximum Gasteiger partial charge on any atom is 0.573 e. The molecule has 1 atom stereocenters. The van der Waals surface area contributed by atoms with Crippen LogP contribution < -0.4 is 16.0 Å². The van der Waals surface area contributed by atoms with Crippen LogP contribution in [0.3, 0.4) is 0 Å². The molecule has 3 N–H and O–H groups in total. The lowest BCUT2D eigenvalue weighted by atomic mass is 9.78. The summed E-state index contributed by atoms with van der Waals surface area (Å²) >= 11 is 0. The number of rotatable bonds is 5. The molecule has 0 aromatic heterocycles. The van der Waals surface area contributed by atoms with Gasteiger partial charge in [0.15, 0.2) is 0 Å². The summed E-state index contributed by atoms with van der Waals surface area (Å²) in [6.45, 7) is 0. The molecule has 0 amide bonds. The van der Waals surface area contributed by atoms with E-state index in [1.54, 1.807) is 12.1 Å². The van der Waals surface area contributed by atoms with E-state index in [0.29, 0.717) is 12.3 Å². The zero-order valence-corrected chi connectivity index (χ0v) is 10.4. The maximum atomic E-state index is 12.0. The van der Waals surface area contributed by atoms with Gasteiger partial charge in [0.2, 0.25) is 0 Å². The van der Waals surface area contributed by atoms with Gasteiger partial charge in [-0.1, -0.05) is 18.6 Å². The Bertz CT molecular complexity index is 401. The molecule has 1 saturated carbocycles. The van der Waals surface area contributed by atoms with Crippen LogP contribution in [0.2, 0.25) is 0 Å². The fraction of sp³-hybridized carbons (Fsp3) is 0.538. The number of hydrazine groups is 1. The Kier molecular flexibility index (Phi) is 4.31. The summed E-state index contributed by atoms with van der Waals surface area (Å²) in [5.41, 5.74) is 3.74. The Morgan fingerprint density at radius 1 is 1.26 bits per heavy atom. The van der Waals surface area contributed by atoms with Crippen molar-refractivity contribution in [2.45, 2.75) is 38.1 Å². The number of hydrogen-bond donors (Lipinski definition) is 2. The average molecular weight is 274 g/mol. The van der Waals surface area contributed by atoms with Gasteiger partial charge in [-0.3, -0.25) is 11.3 Å².